The fraction of sp³-hybridized carbons (Fsp3) is 0.588. The second kappa shape index (κ2) is 7.05. The van der Waals surface area contributed by atoms with Gasteiger partial charge in [-0.1, -0.05) is 24.3 Å². The van der Waals surface area contributed by atoms with E-state index in [1.807, 2.05) is 4.90 Å². The summed E-state index contributed by atoms with van der Waals surface area (Å²) in [6, 6.07) is 8.45. The summed E-state index contributed by atoms with van der Waals surface area (Å²) < 4.78 is 5.95. The first-order chi connectivity index (χ1) is 10.3. The normalized spacial score (nSPS) is 22.5. The van der Waals surface area contributed by atoms with Gasteiger partial charge in [0.15, 0.2) is 0 Å². The molecule has 1 saturated heterocycles. The van der Waals surface area contributed by atoms with Crippen LogP contribution in [0, 0.1) is 0 Å². The Hall–Kier alpha value is -1.39. The highest BCUT2D eigenvalue weighted by atomic mass is 16.5. The summed E-state index contributed by atoms with van der Waals surface area (Å²) in [6.45, 7) is 3.73. The minimum atomic E-state index is 0.0870. The van der Waals surface area contributed by atoms with Gasteiger partial charge in [0, 0.05) is 19.6 Å². The minimum absolute atomic E-state index is 0.0870. The number of fused-ring (bicyclic) bond motifs is 1. The largest absolute Gasteiger partial charge is 0.364 e. The summed E-state index contributed by atoms with van der Waals surface area (Å²) in [6.07, 6.45) is 4.40. The second-order valence-corrected chi connectivity index (χ2v) is 5.88. The van der Waals surface area contributed by atoms with Gasteiger partial charge in [0.25, 0.3) is 0 Å². The number of carbonyl (C=O) groups is 1. The molecule has 1 atom stereocenters. The molecule has 1 amide bonds. The zero-order valence-corrected chi connectivity index (χ0v) is 12.5. The zero-order valence-electron chi connectivity index (χ0n) is 12.5. The minimum Gasteiger partial charge on any atom is -0.364 e. The van der Waals surface area contributed by atoms with Crippen LogP contribution in [-0.4, -0.2) is 43.6 Å². The van der Waals surface area contributed by atoms with Crippen molar-refractivity contribution in [3.63, 3.8) is 0 Å². The molecule has 1 fully saturated rings. The maximum absolute atomic E-state index is 12.3. The molecule has 1 aliphatic carbocycles. The molecule has 1 aromatic rings. The van der Waals surface area contributed by atoms with Gasteiger partial charge in [0.2, 0.25) is 5.91 Å². The van der Waals surface area contributed by atoms with E-state index in [1.54, 1.807) is 0 Å². The van der Waals surface area contributed by atoms with E-state index in [2.05, 4.69) is 29.6 Å². The van der Waals surface area contributed by atoms with Crippen molar-refractivity contribution in [2.75, 3.05) is 32.8 Å². The SMILES string of the molecule is O=C(COC1CCCc2ccccc21)N1CCCNCC1. The molecule has 0 radical (unpaired) electrons. The fourth-order valence-corrected chi connectivity index (χ4v) is 3.24. The first-order valence-electron chi connectivity index (χ1n) is 8.02. The summed E-state index contributed by atoms with van der Waals surface area (Å²) in [5, 5.41) is 3.32. The predicted octanol–water partition coefficient (Wildman–Crippen LogP) is 1.90. The number of ether oxygens (including phenoxy) is 1. The molecule has 3 rings (SSSR count). The third kappa shape index (κ3) is 3.63. The van der Waals surface area contributed by atoms with Crippen LogP contribution in [0.1, 0.15) is 36.5 Å². The number of rotatable bonds is 3. The number of hydrogen-bond donors (Lipinski definition) is 1. The average Bonchev–Trinajstić information content (AvgIpc) is 2.82. The Kier molecular flexibility index (Phi) is 4.88. The molecule has 2 aliphatic rings. The van der Waals surface area contributed by atoms with Gasteiger partial charge in [-0.3, -0.25) is 4.79 Å². The van der Waals surface area contributed by atoms with Gasteiger partial charge in [0.05, 0.1) is 6.10 Å². The quantitative estimate of drug-likeness (QED) is 0.923. The summed E-state index contributed by atoms with van der Waals surface area (Å²) in [4.78, 5) is 14.2. The predicted molar refractivity (Wildman–Crippen MR) is 82.1 cm³/mol. The van der Waals surface area contributed by atoms with Crippen molar-refractivity contribution in [3.05, 3.63) is 35.4 Å². The molecule has 1 unspecified atom stereocenters. The van der Waals surface area contributed by atoms with Crippen molar-refractivity contribution in [1.29, 1.82) is 0 Å². The number of carbonyl (C=O) groups excluding carboxylic acids is 1. The lowest BCUT2D eigenvalue weighted by atomic mass is 9.89. The number of nitrogens with one attached hydrogen (secondary N) is 1. The van der Waals surface area contributed by atoms with Crippen LogP contribution in [0.4, 0.5) is 0 Å². The Bertz CT molecular complexity index is 481. The van der Waals surface area contributed by atoms with Crippen molar-refractivity contribution in [1.82, 2.24) is 10.2 Å². The summed E-state index contributed by atoms with van der Waals surface area (Å²) in [5.74, 6) is 0.127. The molecule has 0 spiro atoms. The Morgan fingerprint density at radius 3 is 3.10 bits per heavy atom. The Morgan fingerprint density at radius 2 is 2.14 bits per heavy atom. The van der Waals surface area contributed by atoms with Crippen LogP contribution in [0.25, 0.3) is 0 Å². The van der Waals surface area contributed by atoms with Crippen LogP contribution in [0.15, 0.2) is 24.3 Å². The standard InChI is InChI=1S/C17H24N2O2/c20-17(19-11-4-9-18-10-12-19)13-21-16-8-3-6-14-5-1-2-7-15(14)16/h1-2,5,7,16,18H,3-4,6,8-13H2. The van der Waals surface area contributed by atoms with E-state index in [9.17, 15) is 4.79 Å². The lowest BCUT2D eigenvalue weighted by Crippen LogP contribution is -2.37. The molecule has 1 N–H and O–H groups in total. The second-order valence-electron chi connectivity index (χ2n) is 5.88. The highest BCUT2D eigenvalue weighted by molar-refractivity contribution is 5.77. The number of nitrogens with zero attached hydrogens (tertiary/aromatic N) is 1. The van der Waals surface area contributed by atoms with Crippen LogP contribution in [0.3, 0.4) is 0 Å². The van der Waals surface area contributed by atoms with Gasteiger partial charge < -0.3 is 15.0 Å². The third-order valence-corrected chi connectivity index (χ3v) is 4.42. The molecule has 0 aromatic heterocycles. The molecule has 114 valence electrons. The van der Waals surface area contributed by atoms with E-state index in [0.717, 1.165) is 51.9 Å². The number of amides is 1. The van der Waals surface area contributed by atoms with Crippen molar-refractivity contribution in [2.24, 2.45) is 0 Å². The van der Waals surface area contributed by atoms with Crippen LogP contribution >= 0.6 is 0 Å². The van der Waals surface area contributed by atoms with Crippen LogP contribution in [0.2, 0.25) is 0 Å². The number of hydrogen-bond acceptors (Lipinski definition) is 3. The van der Waals surface area contributed by atoms with Crippen molar-refractivity contribution >= 4 is 5.91 Å². The maximum Gasteiger partial charge on any atom is 0.248 e. The summed E-state index contributed by atoms with van der Waals surface area (Å²) in [7, 11) is 0. The smallest absolute Gasteiger partial charge is 0.248 e. The van der Waals surface area contributed by atoms with E-state index in [4.69, 9.17) is 4.74 Å². The molecular formula is C17H24N2O2. The van der Waals surface area contributed by atoms with E-state index in [1.165, 1.54) is 11.1 Å². The van der Waals surface area contributed by atoms with Crippen molar-refractivity contribution < 1.29 is 9.53 Å². The van der Waals surface area contributed by atoms with E-state index in [0.29, 0.717) is 0 Å². The van der Waals surface area contributed by atoms with Gasteiger partial charge in [-0.05, 0) is 43.4 Å². The van der Waals surface area contributed by atoms with Crippen LogP contribution in [-0.2, 0) is 16.0 Å². The van der Waals surface area contributed by atoms with Gasteiger partial charge in [-0.2, -0.15) is 0 Å². The summed E-state index contributed by atoms with van der Waals surface area (Å²) >= 11 is 0. The van der Waals surface area contributed by atoms with E-state index in [-0.39, 0.29) is 18.6 Å². The topological polar surface area (TPSA) is 41.6 Å². The Labute approximate surface area is 126 Å². The molecule has 0 bridgehead atoms. The number of aryl methyl sites for hydroxylation is 1. The Morgan fingerprint density at radius 1 is 1.24 bits per heavy atom. The van der Waals surface area contributed by atoms with E-state index < -0.39 is 0 Å². The molecule has 1 heterocycles. The zero-order chi connectivity index (χ0) is 14.5. The van der Waals surface area contributed by atoms with Gasteiger partial charge in [-0.15, -0.1) is 0 Å². The van der Waals surface area contributed by atoms with Crippen LogP contribution < -0.4 is 5.32 Å². The van der Waals surface area contributed by atoms with Crippen LogP contribution in [0.5, 0.6) is 0 Å². The van der Waals surface area contributed by atoms with Gasteiger partial charge in [0.1, 0.15) is 6.61 Å². The van der Waals surface area contributed by atoms with E-state index >= 15 is 0 Å². The number of benzene rings is 1. The molecule has 0 saturated carbocycles. The lowest BCUT2D eigenvalue weighted by molar-refractivity contribution is -0.138. The van der Waals surface area contributed by atoms with Gasteiger partial charge in [-0.25, -0.2) is 0 Å². The maximum atomic E-state index is 12.3. The molecular weight excluding hydrogens is 264 g/mol. The lowest BCUT2D eigenvalue weighted by Gasteiger charge is -2.27. The average molecular weight is 288 g/mol. The van der Waals surface area contributed by atoms with Crippen molar-refractivity contribution in [3.8, 4) is 0 Å². The molecule has 4 nitrogen and oxygen atoms in total. The first kappa shape index (κ1) is 14.5. The molecule has 1 aliphatic heterocycles. The summed E-state index contributed by atoms with van der Waals surface area (Å²) in [5.41, 5.74) is 2.65. The third-order valence-electron chi connectivity index (χ3n) is 4.42. The molecule has 1 aromatic carbocycles. The fourth-order valence-electron chi connectivity index (χ4n) is 3.24. The molecule has 21 heavy (non-hydrogen) atoms. The highest BCUT2D eigenvalue weighted by Gasteiger charge is 2.22. The van der Waals surface area contributed by atoms with Crippen molar-refractivity contribution in [2.45, 2.75) is 31.8 Å². The Balaban J connectivity index is 1.56. The highest BCUT2D eigenvalue weighted by Crippen LogP contribution is 2.32. The molecule has 4 heteroatoms. The first-order valence-corrected chi connectivity index (χ1v) is 8.02. The van der Waals surface area contributed by atoms with Gasteiger partial charge >= 0.3 is 0 Å². The monoisotopic (exact) mass is 288 g/mol.